The van der Waals surface area contributed by atoms with E-state index in [2.05, 4.69) is 9.88 Å². The molecule has 0 radical (unpaired) electrons. The lowest BCUT2D eigenvalue weighted by atomic mass is 9.88. The van der Waals surface area contributed by atoms with Gasteiger partial charge in [-0.1, -0.05) is 18.2 Å². The van der Waals surface area contributed by atoms with Gasteiger partial charge in [0.05, 0.1) is 19.8 Å². The van der Waals surface area contributed by atoms with Gasteiger partial charge in [-0.15, -0.1) is 0 Å². The quantitative estimate of drug-likeness (QED) is 0.422. The van der Waals surface area contributed by atoms with Crippen molar-refractivity contribution < 1.29 is 35.0 Å². The number of hydrogen-bond acceptors (Lipinski definition) is 9. The number of nitrogens with zero attached hydrogens (tertiary/aromatic N) is 2. The van der Waals surface area contributed by atoms with Gasteiger partial charge in [-0.05, 0) is 41.3 Å². The summed E-state index contributed by atoms with van der Waals surface area (Å²) >= 11 is 0. The molecule has 0 saturated carbocycles. The Morgan fingerprint density at radius 1 is 1.03 bits per heavy atom. The van der Waals surface area contributed by atoms with Crippen LogP contribution in [-0.2, 0) is 9.47 Å². The number of aromatic nitrogens is 1. The van der Waals surface area contributed by atoms with Crippen LogP contribution < -0.4 is 4.90 Å². The fourth-order valence-electron chi connectivity index (χ4n) is 4.32. The van der Waals surface area contributed by atoms with Gasteiger partial charge < -0.3 is 39.9 Å². The normalized spacial score (nSPS) is 29.7. The summed E-state index contributed by atoms with van der Waals surface area (Å²) in [6.45, 7) is 4.24. The first-order valence-electron chi connectivity index (χ1n) is 10.8. The second kappa shape index (κ2) is 9.80. The Labute approximate surface area is 186 Å². The Bertz CT molecular complexity index is 919. The zero-order valence-corrected chi connectivity index (χ0v) is 17.9. The van der Waals surface area contributed by atoms with Gasteiger partial charge in [0.1, 0.15) is 42.4 Å². The lowest BCUT2D eigenvalue weighted by Gasteiger charge is -2.42. The molecule has 3 heterocycles. The van der Waals surface area contributed by atoms with E-state index in [9.17, 15) is 25.5 Å². The number of aliphatic hydroxyl groups is 5. The molecule has 2 aliphatic heterocycles. The van der Waals surface area contributed by atoms with E-state index in [0.717, 1.165) is 35.6 Å². The maximum absolute atomic E-state index is 10.9. The van der Waals surface area contributed by atoms with E-state index in [0.29, 0.717) is 18.8 Å². The van der Waals surface area contributed by atoms with Crippen molar-refractivity contribution >= 4 is 5.82 Å². The summed E-state index contributed by atoms with van der Waals surface area (Å²) in [6, 6.07) is 9.50. The number of aliphatic hydroxyl groups excluding tert-OH is 5. The van der Waals surface area contributed by atoms with Crippen molar-refractivity contribution in [2.75, 3.05) is 37.8 Å². The fraction of sp³-hybridized carbons (Fsp3) is 0.522. The molecule has 174 valence electrons. The van der Waals surface area contributed by atoms with Crippen molar-refractivity contribution in [3.8, 4) is 11.1 Å². The van der Waals surface area contributed by atoms with Crippen LogP contribution in [0.15, 0.2) is 36.5 Å². The molecule has 1 aromatic heterocycles. The lowest BCUT2D eigenvalue weighted by molar-refractivity contribution is -0.250. The molecule has 2 unspecified atom stereocenters. The standard InChI is InChI=1S/C23H30N2O7/c1-13-10-14(15-4-5-24-18(11-15)25-6-8-31-9-7-25)2-3-16(13)19(27)23-22(30)21(29)20(28)17(12-26)32-23/h2-5,10-11,17,19-23,26-30H,6-9,12H2,1H3/t17?,19-,20-,21+,22?,23-/m1/s1. The van der Waals surface area contributed by atoms with E-state index in [4.69, 9.17) is 9.47 Å². The maximum Gasteiger partial charge on any atom is 0.129 e. The first kappa shape index (κ1) is 23.1. The second-order valence-corrected chi connectivity index (χ2v) is 8.31. The Balaban J connectivity index is 1.56. The van der Waals surface area contributed by atoms with Crippen LogP contribution >= 0.6 is 0 Å². The van der Waals surface area contributed by atoms with E-state index >= 15 is 0 Å². The van der Waals surface area contributed by atoms with Gasteiger partial charge in [-0.2, -0.15) is 0 Å². The van der Waals surface area contributed by atoms with E-state index in [1.165, 1.54) is 0 Å². The third-order valence-corrected chi connectivity index (χ3v) is 6.24. The van der Waals surface area contributed by atoms with Crippen molar-refractivity contribution in [3.63, 3.8) is 0 Å². The van der Waals surface area contributed by atoms with Crippen LogP contribution in [0.4, 0.5) is 5.82 Å². The summed E-state index contributed by atoms with van der Waals surface area (Å²) in [7, 11) is 0. The van der Waals surface area contributed by atoms with Crippen LogP contribution in [0.3, 0.4) is 0 Å². The van der Waals surface area contributed by atoms with Gasteiger partial charge in [0.25, 0.3) is 0 Å². The molecule has 5 N–H and O–H groups in total. The van der Waals surface area contributed by atoms with Crippen molar-refractivity contribution in [2.45, 2.75) is 43.5 Å². The van der Waals surface area contributed by atoms with E-state index < -0.39 is 43.2 Å². The number of aryl methyl sites for hydroxylation is 1. The van der Waals surface area contributed by atoms with Gasteiger partial charge in [0.15, 0.2) is 0 Å². The predicted molar refractivity (Wildman–Crippen MR) is 116 cm³/mol. The van der Waals surface area contributed by atoms with E-state index in [1.807, 2.05) is 31.2 Å². The first-order chi connectivity index (χ1) is 15.4. The third-order valence-electron chi connectivity index (χ3n) is 6.24. The number of anilines is 1. The molecule has 1 aromatic carbocycles. The highest BCUT2D eigenvalue weighted by molar-refractivity contribution is 5.68. The fourth-order valence-corrected chi connectivity index (χ4v) is 4.32. The highest BCUT2D eigenvalue weighted by atomic mass is 16.6. The minimum atomic E-state index is -1.53. The summed E-state index contributed by atoms with van der Waals surface area (Å²) in [4.78, 5) is 6.65. The average molecular weight is 447 g/mol. The molecule has 0 aliphatic carbocycles. The Hall–Kier alpha value is -2.11. The van der Waals surface area contributed by atoms with Crippen molar-refractivity contribution in [2.24, 2.45) is 0 Å². The average Bonchev–Trinajstić information content (AvgIpc) is 2.83. The molecule has 9 nitrogen and oxygen atoms in total. The lowest BCUT2D eigenvalue weighted by Crippen LogP contribution is -2.59. The van der Waals surface area contributed by atoms with Gasteiger partial charge in [-0.3, -0.25) is 0 Å². The smallest absolute Gasteiger partial charge is 0.129 e. The molecule has 32 heavy (non-hydrogen) atoms. The number of rotatable bonds is 5. The van der Waals surface area contributed by atoms with Gasteiger partial charge in [0.2, 0.25) is 0 Å². The van der Waals surface area contributed by atoms with Crippen LogP contribution in [0.1, 0.15) is 17.2 Å². The van der Waals surface area contributed by atoms with Gasteiger partial charge >= 0.3 is 0 Å². The summed E-state index contributed by atoms with van der Waals surface area (Å²) in [6.07, 6.45) is -6.24. The van der Waals surface area contributed by atoms with Gasteiger partial charge in [0, 0.05) is 19.3 Å². The Morgan fingerprint density at radius 2 is 1.75 bits per heavy atom. The molecular weight excluding hydrogens is 416 g/mol. The molecule has 4 rings (SSSR count). The first-order valence-corrected chi connectivity index (χ1v) is 10.8. The molecule has 2 fully saturated rings. The van der Waals surface area contributed by atoms with Crippen LogP contribution in [0.5, 0.6) is 0 Å². The molecule has 2 aromatic rings. The molecule has 9 heteroatoms. The molecule has 0 spiro atoms. The van der Waals surface area contributed by atoms with Crippen LogP contribution in [0.2, 0.25) is 0 Å². The monoisotopic (exact) mass is 446 g/mol. The number of pyridine rings is 1. The second-order valence-electron chi connectivity index (χ2n) is 8.31. The Kier molecular flexibility index (Phi) is 7.06. The van der Waals surface area contributed by atoms with E-state index in [-0.39, 0.29) is 0 Å². The van der Waals surface area contributed by atoms with Gasteiger partial charge in [-0.25, -0.2) is 4.98 Å². The maximum atomic E-state index is 10.9. The largest absolute Gasteiger partial charge is 0.394 e. The highest BCUT2D eigenvalue weighted by Crippen LogP contribution is 2.33. The molecule has 6 atom stereocenters. The zero-order valence-electron chi connectivity index (χ0n) is 17.9. The molecule has 2 saturated heterocycles. The molecule has 0 amide bonds. The molecular formula is C23H30N2O7. The number of ether oxygens (including phenoxy) is 2. The summed E-state index contributed by atoms with van der Waals surface area (Å²) in [5.74, 6) is 0.883. The van der Waals surface area contributed by atoms with Crippen LogP contribution in [0, 0.1) is 6.92 Å². The molecule has 0 bridgehead atoms. The Morgan fingerprint density at radius 3 is 2.44 bits per heavy atom. The highest BCUT2D eigenvalue weighted by Gasteiger charge is 2.46. The number of hydrogen-bond donors (Lipinski definition) is 5. The minimum absolute atomic E-state index is 0.528. The summed E-state index contributed by atoms with van der Waals surface area (Å²) in [5, 5.41) is 50.6. The third kappa shape index (κ3) is 4.51. The minimum Gasteiger partial charge on any atom is -0.394 e. The van der Waals surface area contributed by atoms with Crippen LogP contribution in [0.25, 0.3) is 11.1 Å². The molecule has 2 aliphatic rings. The van der Waals surface area contributed by atoms with E-state index in [1.54, 1.807) is 12.3 Å². The topological polar surface area (TPSA) is 136 Å². The summed E-state index contributed by atoms with van der Waals surface area (Å²) < 4.78 is 10.9. The van der Waals surface area contributed by atoms with Crippen LogP contribution in [-0.4, -0.2) is 93.9 Å². The van der Waals surface area contributed by atoms with Crippen molar-refractivity contribution in [1.82, 2.24) is 4.98 Å². The SMILES string of the molecule is Cc1cc(-c2ccnc(N3CCOCC3)c2)ccc1[C@@H](O)[C@H]1OC(CO)[C@@H](O)[C@H](O)C1O. The number of morpholine rings is 1. The zero-order chi connectivity index (χ0) is 22.8. The predicted octanol–water partition coefficient (Wildman–Crippen LogP) is -0.231. The van der Waals surface area contributed by atoms with Crippen molar-refractivity contribution in [3.05, 3.63) is 47.7 Å². The summed E-state index contributed by atoms with van der Waals surface area (Å²) in [5.41, 5.74) is 3.24. The number of benzene rings is 1. The van der Waals surface area contributed by atoms with Crippen molar-refractivity contribution in [1.29, 1.82) is 0 Å².